The van der Waals surface area contributed by atoms with E-state index in [1.807, 2.05) is 0 Å². The Kier molecular flexibility index (Phi) is 47.6. The third-order valence-corrected chi connectivity index (χ3v) is 15.7. The van der Waals surface area contributed by atoms with Crippen LogP contribution in [0.25, 0.3) is 0 Å². The van der Waals surface area contributed by atoms with Crippen LogP contribution >= 0.6 is 0 Å². The number of carbonyl (C=O) groups excluding carboxylic acids is 1. The minimum absolute atomic E-state index is 0.0633. The lowest BCUT2D eigenvalue weighted by Gasteiger charge is -2.42. The van der Waals surface area contributed by atoms with E-state index < -0.39 is 80.7 Å². The topological polar surface area (TPSA) is 214 Å². The van der Waals surface area contributed by atoms with Gasteiger partial charge in [0.25, 0.3) is 0 Å². The van der Waals surface area contributed by atoms with Crippen LogP contribution in [-0.2, 0) is 33.2 Å². The lowest BCUT2D eigenvalue weighted by molar-refractivity contribution is -0.332. The van der Waals surface area contributed by atoms with Gasteiger partial charge in [-0.25, -0.2) is 0 Å². The van der Waals surface area contributed by atoms with Gasteiger partial charge in [-0.1, -0.05) is 250 Å². The van der Waals surface area contributed by atoms with E-state index in [9.17, 15) is 40.5 Å². The average Bonchev–Trinajstić information content (AvgIpc) is 3.45. The molecule has 0 amide bonds. The van der Waals surface area contributed by atoms with Crippen LogP contribution in [0.1, 0.15) is 277 Å². The smallest absolute Gasteiger partial charge is 0.306 e. The molecule has 2 fully saturated rings. The molecule has 0 aliphatic carbocycles. The molecule has 78 heavy (non-hydrogen) atoms. The lowest BCUT2D eigenvalue weighted by atomic mass is 9.98. The molecule has 14 nitrogen and oxygen atoms in total. The minimum atomic E-state index is -1.71. The highest BCUT2D eigenvalue weighted by molar-refractivity contribution is 5.69. The molecule has 0 saturated carbocycles. The van der Waals surface area contributed by atoms with Gasteiger partial charge in [-0.3, -0.25) is 4.79 Å². The molecule has 7 N–H and O–H groups in total. The van der Waals surface area contributed by atoms with Crippen molar-refractivity contribution >= 4 is 5.97 Å². The molecule has 0 bridgehead atoms. The molecule has 0 spiro atoms. The van der Waals surface area contributed by atoms with Crippen molar-refractivity contribution in [2.45, 2.75) is 345 Å². The SMILES string of the molecule is CCCCCC/C=C\C/C=C\CCCCCCCCCC(=O)OC(COCCCCCCCCCCCCCCCCCCCCCCCCCCCC)COC1OC(COC2OC(CO)C(O)C(O)C2O)C(O)C(O)C1O. The molecule has 0 aromatic heterocycles. The quantitative estimate of drug-likeness (QED) is 0.0172. The summed E-state index contributed by atoms with van der Waals surface area (Å²) in [6, 6.07) is 0. The number of unbranched alkanes of at least 4 members (excludes halogenated alkanes) is 36. The van der Waals surface area contributed by atoms with Crippen molar-refractivity contribution in [2.24, 2.45) is 0 Å². The highest BCUT2D eigenvalue weighted by Crippen LogP contribution is 2.27. The van der Waals surface area contributed by atoms with E-state index >= 15 is 0 Å². The first-order valence-electron chi connectivity index (χ1n) is 32.4. The van der Waals surface area contributed by atoms with Gasteiger partial charge < -0.3 is 64.2 Å². The third kappa shape index (κ3) is 36.8. The maximum atomic E-state index is 13.1. The highest BCUT2D eigenvalue weighted by Gasteiger charge is 2.47. The van der Waals surface area contributed by atoms with E-state index in [1.165, 1.54) is 199 Å². The summed E-state index contributed by atoms with van der Waals surface area (Å²) in [6.45, 7) is 3.73. The Morgan fingerprint density at radius 1 is 0.423 bits per heavy atom. The summed E-state index contributed by atoms with van der Waals surface area (Å²) in [5, 5.41) is 72.5. The monoisotopic (exact) mass is 1110 g/mol. The highest BCUT2D eigenvalue weighted by atomic mass is 16.7. The molecule has 11 atom stereocenters. The molecular weight excluding hydrogens is 993 g/mol. The first kappa shape index (κ1) is 72.6. The van der Waals surface area contributed by atoms with E-state index in [1.54, 1.807) is 0 Å². The second kappa shape index (κ2) is 51.1. The van der Waals surface area contributed by atoms with Crippen LogP contribution < -0.4 is 0 Å². The van der Waals surface area contributed by atoms with Crippen molar-refractivity contribution in [3.8, 4) is 0 Å². The van der Waals surface area contributed by atoms with Crippen LogP contribution in [0.4, 0.5) is 0 Å². The van der Waals surface area contributed by atoms with Crippen molar-refractivity contribution in [2.75, 3.05) is 33.0 Å². The Balaban J connectivity index is 1.65. The number of aliphatic hydroxyl groups is 7. The fraction of sp³-hybridized carbons (Fsp3) is 0.922. The van der Waals surface area contributed by atoms with E-state index in [0.29, 0.717) is 13.0 Å². The zero-order valence-electron chi connectivity index (χ0n) is 49.7. The van der Waals surface area contributed by atoms with Gasteiger partial charge in [0, 0.05) is 13.0 Å². The van der Waals surface area contributed by atoms with Gasteiger partial charge in [0.2, 0.25) is 0 Å². The summed E-state index contributed by atoms with van der Waals surface area (Å²) < 4.78 is 34.5. The van der Waals surface area contributed by atoms with Gasteiger partial charge in [-0.05, 0) is 44.9 Å². The molecule has 0 radical (unpaired) electrons. The van der Waals surface area contributed by atoms with Crippen molar-refractivity contribution in [3.05, 3.63) is 24.3 Å². The zero-order valence-corrected chi connectivity index (χ0v) is 49.7. The number of ether oxygens (including phenoxy) is 6. The van der Waals surface area contributed by atoms with Crippen LogP contribution in [0.5, 0.6) is 0 Å². The van der Waals surface area contributed by atoms with Crippen LogP contribution in [0.3, 0.4) is 0 Å². The third-order valence-electron chi connectivity index (χ3n) is 15.7. The molecule has 0 aromatic rings. The molecule has 11 unspecified atom stereocenters. The largest absolute Gasteiger partial charge is 0.457 e. The molecule has 0 aromatic carbocycles. The summed E-state index contributed by atoms with van der Waals surface area (Å²) in [5.41, 5.74) is 0. The molecule has 2 aliphatic rings. The van der Waals surface area contributed by atoms with Gasteiger partial charge in [0.1, 0.15) is 54.9 Å². The number of rotatable bonds is 54. The maximum absolute atomic E-state index is 13.1. The molecule has 460 valence electrons. The number of hydrogen-bond donors (Lipinski definition) is 7. The van der Waals surface area contributed by atoms with E-state index in [2.05, 4.69) is 38.2 Å². The Morgan fingerprint density at radius 2 is 0.795 bits per heavy atom. The van der Waals surface area contributed by atoms with Gasteiger partial charge in [-0.2, -0.15) is 0 Å². The first-order chi connectivity index (χ1) is 38.1. The zero-order chi connectivity index (χ0) is 56.5. The van der Waals surface area contributed by atoms with Crippen LogP contribution in [0, 0.1) is 0 Å². The fourth-order valence-corrected chi connectivity index (χ4v) is 10.5. The number of allylic oxidation sites excluding steroid dienone is 4. The molecule has 2 saturated heterocycles. The number of esters is 1. The number of aliphatic hydroxyl groups excluding tert-OH is 7. The summed E-state index contributed by atoms with van der Waals surface area (Å²) in [5.74, 6) is -0.378. The maximum Gasteiger partial charge on any atom is 0.306 e. The molecular formula is C64H120O14. The van der Waals surface area contributed by atoms with Gasteiger partial charge in [0.05, 0.1) is 26.4 Å². The summed E-state index contributed by atoms with van der Waals surface area (Å²) in [4.78, 5) is 13.1. The lowest BCUT2D eigenvalue weighted by Crippen LogP contribution is -2.61. The second-order valence-electron chi connectivity index (χ2n) is 22.9. The molecule has 2 heterocycles. The average molecular weight is 1110 g/mol. The summed E-state index contributed by atoms with van der Waals surface area (Å²) in [6.07, 6.45) is 43.9. The van der Waals surface area contributed by atoms with Crippen molar-refractivity contribution in [1.82, 2.24) is 0 Å². The Bertz CT molecular complexity index is 1380. The van der Waals surface area contributed by atoms with Crippen molar-refractivity contribution < 1.29 is 69.0 Å². The Hall–Kier alpha value is -1.53. The minimum Gasteiger partial charge on any atom is -0.457 e. The van der Waals surface area contributed by atoms with E-state index in [4.69, 9.17) is 28.4 Å². The van der Waals surface area contributed by atoms with E-state index in [0.717, 1.165) is 51.4 Å². The summed E-state index contributed by atoms with van der Waals surface area (Å²) >= 11 is 0. The normalized spacial score (nSPS) is 24.2. The van der Waals surface area contributed by atoms with Crippen LogP contribution in [0.15, 0.2) is 24.3 Å². The second-order valence-corrected chi connectivity index (χ2v) is 22.9. The van der Waals surface area contributed by atoms with Gasteiger partial charge >= 0.3 is 5.97 Å². The molecule has 14 heteroatoms. The summed E-state index contributed by atoms with van der Waals surface area (Å²) in [7, 11) is 0. The number of carbonyl (C=O) groups is 1. The van der Waals surface area contributed by atoms with Gasteiger partial charge in [0.15, 0.2) is 12.6 Å². The first-order valence-corrected chi connectivity index (χ1v) is 32.4. The molecule has 2 aliphatic heterocycles. The van der Waals surface area contributed by atoms with Crippen LogP contribution in [0.2, 0.25) is 0 Å². The van der Waals surface area contributed by atoms with Gasteiger partial charge in [-0.15, -0.1) is 0 Å². The van der Waals surface area contributed by atoms with Crippen LogP contribution in [-0.4, -0.2) is 142 Å². The fourth-order valence-electron chi connectivity index (χ4n) is 10.5. The predicted molar refractivity (Wildman–Crippen MR) is 312 cm³/mol. The number of hydrogen-bond acceptors (Lipinski definition) is 14. The molecule has 2 rings (SSSR count). The Morgan fingerprint density at radius 3 is 1.24 bits per heavy atom. The Labute approximate surface area is 475 Å². The van der Waals surface area contributed by atoms with Crippen molar-refractivity contribution in [3.63, 3.8) is 0 Å². The van der Waals surface area contributed by atoms with E-state index in [-0.39, 0.29) is 25.6 Å². The standard InChI is InChI=1S/C64H120O14/c1-3-5-7-9-11-13-15-17-19-21-23-24-25-26-27-28-29-30-32-34-36-38-40-42-44-46-48-73-50-53(76-56(66)47-45-43-41-39-37-35-33-31-22-20-18-16-14-12-10-8-6-4-2)51-74-63-62(72)60(70)58(68)55(78-63)52-75-64-61(71)59(69)57(67)54(49-65)77-64/h14,16,20,22,53-55,57-65,67-72H,3-13,15,17-19,21,23-52H2,1-2H3/b16-14-,22-20-. The van der Waals surface area contributed by atoms with Crippen molar-refractivity contribution in [1.29, 1.82) is 0 Å². The predicted octanol–water partition coefficient (Wildman–Crippen LogP) is 12.7.